The second kappa shape index (κ2) is 20.8. The van der Waals surface area contributed by atoms with Crippen molar-refractivity contribution in [1.82, 2.24) is 0 Å². The second-order valence-corrected chi connectivity index (χ2v) is 13.8. The summed E-state index contributed by atoms with van der Waals surface area (Å²) < 4.78 is 52.7. The zero-order valence-corrected chi connectivity index (χ0v) is 29.6. The van der Waals surface area contributed by atoms with Crippen LogP contribution < -0.4 is 43.8 Å². The monoisotopic (exact) mass is 646 g/mol. The molecule has 1 aliphatic rings. The van der Waals surface area contributed by atoms with Crippen molar-refractivity contribution < 1.29 is 61.5 Å². The van der Waals surface area contributed by atoms with Gasteiger partial charge in [-0.2, -0.15) is 0 Å². The van der Waals surface area contributed by atoms with Crippen LogP contribution in [0, 0.1) is 12.8 Å². The van der Waals surface area contributed by atoms with E-state index in [-0.39, 0.29) is 47.6 Å². The summed E-state index contributed by atoms with van der Waals surface area (Å²) in [5.41, 5.74) is 0.412. The van der Waals surface area contributed by atoms with Crippen molar-refractivity contribution in [3.05, 3.63) is 33.5 Å². The minimum absolute atomic E-state index is 0. The van der Waals surface area contributed by atoms with Gasteiger partial charge in [-0.1, -0.05) is 98.3 Å². The van der Waals surface area contributed by atoms with E-state index in [9.17, 15) is 17.8 Å². The molecular weight excluding hydrogens is 595 g/mol. The minimum Gasteiger partial charge on any atom is -0.744 e. The fraction of sp³-hybridized carbons (Fsp3) is 0.667. The molecule has 0 amide bonds. The molecule has 0 bridgehead atoms. The molecule has 2 heterocycles. The van der Waals surface area contributed by atoms with E-state index in [4.69, 9.17) is 14.2 Å². The van der Waals surface area contributed by atoms with Gasteiger partial charge in [0.05, 0.1) is 15.7 Å². The summed E-state index contributed by atoms with van der Waals surface area (Å²) in [6, 6.07) is 4.18. The molecule has 43 heavy (non-hydrogen) atoms. The summed E-state index contributed by atoms with van der Waals surface area (Å²) in [6.07, 6.45) is 16.7. The van der Waals surface area contributed by atoms with Gasteiger partial charge in [0.1, 0.15) is 29.1 Å². The molecule has 1 atom stereocenters. The Bertz CT molecular complexity index is 1210. The Labute approximate surface area is 286 Å². The molecule has 1 aromatic heterocycles. The number of carbonyl (C=O) groups excluding carboxylic acids is 1. The molecule has 2 aromatic rings. The van der Waals surface area contributed by atoms with E-state index in [0.717, 1.165) is 34.8 Å². The number of ether oxygens (including phenoxy) is 3. The first kappa shape index (κ1) is 39.9. The van der Waals surface area contributed by atoms with Crippen LogP contribution >= 0.6 is 11.3 Å². The first-order valence-electron chi connectivity index (χ1n) is 15.4. The van der Waals surface area contributed by atoms with Crippen molar-refractivity contribution in [2.24, 2.45) is 5.92 Å². The normalized spacial score (nSPS) is 13.1. The summed E-state index contributed by atoms with van der Waals surface area (Å²) in [5, 5.41) is 0. The first-order chi connectivity index (χ1) is 19.7. The van der Waals surface area contributed by atoms with Crippen LogP contribution in [0.25, 0.3) is 0 Å². The molecule has 0 aliphatic carbocycles. The molecular formula is C33H51NaO7S2. The van der Waals surface area contributed by atoms with Gasteiger partial charge in [0, 0.05) is 4.88 Å². The number of hydrogen-bond acceptors (Lipinski definition) is 8. The first-order valence-corrected chi connectivity index (χ1v) is 17.6. The number of rotatable bonds is 19. The van der Waals surface area contributed by atoms with Crippen LogP contribution in [-0.2, 0) is 27.8 Å². The van der Waals surface area contributed by atoms with Gasteiger partial charge >= 0.3 is 35.5 Å². The molecule has 1 unspecified atom stereocenters. The van der Waals surface area contributed by atoms with Gasteiger partial charge in [0.25, 0.3) is 0 Å². The maximum Gasteiger partial charge on any atom is 1.00 e. The van der Waals surface area contributed by atoms with Crippen LogP contribution in [0.1, 0.15) is 120 Å². The van der Waals surface area contributed by atoms with Gasteiger partial charge in [-0.15, -0.1) is 11.3 Å². The summed E-state index contributed by atoms with van der Waals surface area (Å²) in [4.78, 5) is 14.6. The van der Waals surface area contributed by atoms with E-state index in [0.29, 0.717) is 37.4 Å². The Morgan fingerprint density at radius 2 is 1.47 bits per heavy atom. The number of fused-ring (bicyclic) bond motifs is 1. The fourth-order valence-corrected chi connectivity index (χ4v) is 7.18. The third-order valence-corrected chi connectivity index (χ3v) is 9.62. The Balaban J connectivity index is 0.00000462. The van der Waals surface area contributed by atoms with Crippen molar-refractivity contribution in [1.29, 1.82) is 0 Å². The van der Waals surface area contributed by atoms with Gasteiger partial charge < -0.3 is 18.8 Å². The van der Waals surface area contributed by atoms with Crippen LogP contribution in [0.3, 0.4) is 0 Å². The SMILES string of the molecule is C.CCCCCCCCCCCCCCCc1cc(OC(=O)C(C)Cc2sc(C)c3c2OCCO3)ccc1S(=O)(=O)[O-].[Na+]. The molecule has 3 rings (SSSR count). The number of esters is 1. The third-order valence-electron chi connectivity index (χ3n) is 7.60. The van der Waals surface area contributed by atoms with Crippen molar-refractivity contribution in [3.8, 4) is 17.2 Å². The van der Waals surface area contributed by atoms with Gasteiger partial charge in [0.15, 0.2) is 11.5 Å². The van der Waals surface area contributed by atoms with Crippen LogP contribution in [0.15, 0.2) is 23.1 Å². The van der Waals surface area contributed by atoms with Crippen molar-refractivity contribution in [3.63, 3.8) is 0 Å². The molecule has 1 aromatic carbocycles. The van der Waals surface area contributed by atoms with Crippen molar-refractivity contribution in [2.45, 2.75) is 129 Å². The number of thiophene rings is 1. The Morgan fingerprint density at radius 1 is 0.930 bits per heavy atom. The fourth-order valence-electron chi connectivity index (χ4n) is 5.27. The third kappa shape index (κ3) is 13.4. The summed E-state index contributed by atoms with van der Waals surface area (Å²) in [5.74, 6) is 0.844. The summed E-state index contributed by atoms with van der Waals surface area (Å²) in [6.45, 7) is 6.99. The van der Waals surface area contributed by atoms with E-state index >= 15 is 0 Å². The molecule has 238 valence electrons. The van der Waals surface area contributed by atoms with Crippen LogP contribution in [-0.4, -0.2) is 32.2 Å². The molecule has 0 saturated heterocycles. The van der Waals surface area contributed by atoms with E-state index in [1.807, 2.05) is 6.92 Å². The molecule has 0 fully saturated rings. The number of hydrogen-bond donors (Lipinski definition) is 0. The second-order valence-electron chi connectivity index (χ2n) is 11.2. The number of benzene rings is 1. The maximum absolute atomic E-state index is 12.9. The zero-order chi connectivity index (χ0) is 29.7. The topological polar surface area (TPSA) is 102 Å². The molecule has 1 aliphatic heterocycles. The number of unbranched alkanes of at least 4 members (excludes halogenated alkanes) is 12. The van der Waals surface area contributed by atoms with Gasteiger partial charge in [-0.05, 0) is 49.9 Å². The molecule has 0 spiro atoms. The standard InChI is InChI=1S/C32H48O7S2.CH4.Na/c1-4-5-6-7-8-9-10-11-12-13-14-15-16-17-26-23-27(18-19-29(26)41(34,35)36)39-32(33)24(2)22-28-31-30(25(3)40-28)37-20-21-38-31;;/h18-19,23-24H,4-17,20-22H2,1-3H3,(H,34,35,36);1H4;/q;;+1/p-1. The smallest absolute Gasteiger partial charge is 0.744 e. The Kier molecular flexibility index (Phi) is 19.3. The number of aryl methyl sites for hydroxylation is 2. The van der Waals surface area contributed by atoms with E-state index in [2.05, 4.69) is 6.92 Å². The van der Waals surface area contributed by atoms with Crippen molar-refractivity contribution >= 4 is 27.4 Å². The predicted octanol–water partition coefficient (Wildman–Crippen LogP) is 5.79. The van der Waals surface area contributed by atoms with Crippen LogP contribution in [0.5, 0.6) is 17.2 Å². The molecule has 0 saturated carbocycles. The largest absolute Gasteiger partial charge is 1.00 e. The average Bonchev–Trinajstić information content (AvgIpc) is 3.25. The van der Waals surface area contributed by atoms with Gasteiger partial charge in [0.2, 0.25) is 0 Å². The molecule has 7 nitrogen and oxygen atoms in total. The maximum atomic E-state index is 12.9. The van der Waals surface area contributed by atoms with Crippen LogP contribution in [0.2, 0.25) is 0 Å². The number of carbonyl (C=O) groups is 1. The minimum atomic E-state index is -4.62. The Morgan fingerprint density at radius 3 is 2.02 bits per heavy atom. The Hall–Kier alpha value is -1.10. The van der Waals surface area contributed by atoms with E-state index in [1.54, 1.807) is 18.3 Å². The average molecular weight is 647 g/mol. The molecule has 0 radical (unpaired) electrons. The van der Waals surface area contributed by atoms with E-state index in [1.165, 1.54) is 82.4 Å². The predicted molar refractivity (Wildman–Crippen MR) is 169 cm³/mol. The van der Waals surface area contributed by atoms with Crippen molar-refractivity contribution in [2.75, 3.05) is 13.2 Å². The van der Waals surface area contributed by atoms with Crippen LogP contribution in [0.4, 0.5) is 0 Å². The summed E-state index contributed by atoms with van der Waals surface area (Å²) >= 11 is 1.55. The zero-order valence-electron chi connectivity index (χ0n) is 26.0. The quantitative estimate of drug-likeness (QED) is 0.0626. The van der Waals surface area contributed by atoms with Gasteiger partial charge in [-0.3, -0.25) is 4.79 Å². The van der Waals surface area contributed by atoms with E-state index < -0.39 is 22.0 Å². The summed E-state index contributed by atoms with van der Waals surface area (Å²) in [7, 11) is -4.62. The molecule has 10 heteroatoms. The van der Waals surface area contributed by atoms with Gasteiger partial charge in [-0.25, -0.2) is 8.42 Å². The molecule has 0 N–H and O–H groups in total.